The van der Waals surface area contributed by atoms with Gasteiger partial charge in [-0.1, -0.05) is 6.07 Å². The van der Waals surface area contributed by atoms with Crippen molar-refractivity contribution in [3.05, 3.63) is 77.7 Å². The van der Waals surface area contributed by atoms with Gasteiger partial charge in [-0.25, -0.2) is 0 Å². The second-order valence-electron chi connectivity index (χ2n) is 6.63. The molecular formula is C23H25N3O3. The largest absolute Gasteiger partial charge is 0.459 e. The standard InChI is InChI=1S/C23H25N3O3/c1-4-26(5-2)19-12-10-18(11-13-19)24-22(27)17-9-8-16(3)20(15-17)25-23(28)21-7-6-14-29-21/h6-15H,4-5H2,1-3H3,(H,24,27)(H,25,28). The first-order chi connectivity index (χ1) is 14.0. The van der Waals surface area contributed by atoms with Crippen molar-refractivity contribution in [2.24, 2.45) is 0 Å². The summed E-state index contributed by atoms with van der Waals surface area (Å²) in [6.45, 7) is 7.94. The van der Waals surface area contributed by atoms with Gasteiger partial charge in [0.15, 0.2) is 5.76 Å². The number of nitrogens with zero attached hydrogens (tertiary/aromatic N) is 1. The van der Waals surface area contributed by atoms with Gasteiger partial charge in [0, 0.05) is 35.7 Å². The smallest absolute Gasteiger partial charge is 0.291 e. The summed E-state index contributed by atoms with van der Waals surface area (Å²) in [7, 11) is 0. The quantitative estimate of drug-likeness (QED) is 0.598. The van der Waals surface area contributed by atoms with Crippen LogP contribution >= 0.6 is 0 Å². The number of carbonyl (C=O) groups excluding carboxylic acids is 2. The van der Waals surface area contributed by atoms with Crippen LogP contribution in [0.2, 0.25) is 0 Å². The maximum absolute atomic E-state index is 12.7. The Bertz CT molecular complexity index is 975. The van der Waals surface area contributed by atoms with Crippen molar-refractivity contribution in [3.8, 4) is 0 Å². The molecular weight excluding hydrogens is 366 g/mol. The second kappa shape index (κ2) is 9.10. The molecule has 0 fully saturated rings. The minimum atomic E-state index is -0.359. The van der Waals surface area contributed by atoms with Crippen LogP contribution in [0.15, 0.2) is 65.3 Å². The Morgan fingerprint density at radius 3 is 2.28 bits per heavy atom. The number of hydrogen-bond donors (Lipinski definition) is 2. The zero-order valence-corrected chi connectivity index (χ0v) is 16.9. The molecule has 2 amide bonds. The van der Waals surface area contributed by atoms with Crippen molar-refractivity contribution in [2.45, 2.75) is 20.8 Å². The minimum absolute atomic E-state index is 0.215. The van der Waals surface area contributed by atoms with Crippen LogP contribution < -0.4 is 15.5 Å². The first-order valence-electron chi connectivity index (χ1n) is 9.63. The van der Waals surface area contributed by atoms with E-state index in [4.69, 9.17) is 4.42 Å². The number of hydrogen-bond acceptors (Lipinski definition) is 4. The zero-order chi connectivity index (χ0) is 20.8. The molecule has 0 aliphatic rings. The molecule has 1 aromatic heterocycles. The average molecular weight is 391 g/mol. The van der Waals surface area contributed by atoms with Gasteiger partial charge in [-0.3, -0.25) is 9.59 Å². The normalized spacial score (nSPS) is 10.4. The molecule has 3 rings (SSSR count). The summed E-state index contributed by atoms with van der Waals surface area (Å²) in [4.78, 5) is 27.1. The van der Waals surface area contributed by atoms with Gasteiger partial charge in [0.1, 0.15) is 0 Å². The maximum Gasteiger partial charge on any atom is 0.291 e. The summed E-state index contributed by atoms with van der Waals surface area (Å²) in [5.74, 6) is -0.385. The Morgan fingerprint density at radius 2 is 1.66 bits per heavy atom. The molecule has 0 aliphatic heterocycles. The van der Waals surface area contributed by atoms with Gasteiger partial charge < -0.3 is 20.0 Å². The molecule has 0 atom stereocenters. The summed E-state index contributed by atoms with van der Waals surface area (Å²) in [5, 5.41) is 5.69. The van der Waals surface area contributed by atoms with Crippen LogP contribution in [-0.2, 0) is 0 Å². The summed E-state index contributed by atoms with van der Waals surface area (Å²) in [6.07, 6.45) is 1.44. The van der Waals surface area contributed by atoms with E-state index in [0.29, 0.717) is 16.9 Å². The van der Waals surface area contributed by atoms with Crippen LogP contribution in [0.1, 0.15) is 40.3 Å². The fraction of sp³-hybridized carbons (Fsp3) is 0.217. The molecule has 0 saturated carbocycles. The van der Waals surface area contributed by atoms with Crippen LogP contribution in [0.25, 0.3) is 0 Å². The van der Waals surface area contributed by atoms with Crippen molar-refractivity contribution < 1.29 is 14.0 Å². The number of aryl methyl sites for hydroxylation is 1. The molecule has 1 heterocycles. The lowest BCUT2D eigenvalue weighted by molar-refractivity contribution is 0.0993. The molecule has 29 heavy (non-hydrogen) atoms. The van der Waals surface area contributed by atoms with Crippen molar-refractivity contribution in [3.63, 3.8) is 0 Å². The topological polar surface area (TPSA) is 74.6 Å². The third-order valence-electron chi connectivity index (χ3n) is 4.75. The highest BCUT2D eigenvalue weighted by Gasteiger charge is 2.13. The van der Waals surface area contributed by atoms with E-state index in [0.717, 1.165) is 24.3 Å². The Hall–Kier alpha value is -3.54. The molecule has 6 nitrogen and oxygen atoms in total. The molecule has 2 N–H and O–H groups in total. The van der Waals surface area contributed by atoms with E-state index in [-0.39, 0.29) is 17.6 Å². The Balaban J connectivity index is 1.71. The second-order valence-corrected chi connectivity index (χ2v) is 6.63. The lowest BCUT2D eigenvalue weighted by Crippen LogP contribution is -2.21. The van der Waals surface area contributed by atoms with Crippen LogP contribution in [0.4, 0.5) is 17.1 Å². The zero-order valence-electron chi connectivity index (χ0n) is 16.9. The van der Waals surface area contributed by atoms with Gasteiger partial charge in [0.05, 0.1) is 6.26 Å². The fourth-order valence-electron chi connectivity index (χ4n) is 3.04. The minimum Gasteiger partial charge on any atom is -0.459 e. The van der Waals surface area contributed by atoms with Crippen LogP contribution in [0.5, 0.6) is 0 Å². The molecule has 0 saturated heterocycles. The summed E-state index contributed by atoms with van der Waals surface area (Å²) >= 11 is 0. The van der Waals surface area contributed by atoms with Crippen molar-refractivity contribution in [1.82, 2.24) is 0 Å². The highest BCUT2D eigenvalue weighted by atomic mass is 16.3. The van der Waals surface area contributed by atoms with Crippen LogP contribution in [-0.4, -0.2) is 24.9 Å². The van der Waals surface area contributed by atoms with Gasteiger partial charge in [0.2, 0.25) is 0 Å². The lowest BCUT2D eigenvalue weighted by atomic mass is 10.1. The first-order valence-corrected chi connectivity index (χ1v) is 9.63. The molecule has 3 aromatic rings. The predicted molar refractivity (Wildman–Crippen MR) is 116 cm³/mol. The van der Waals surface area contributed by atoms with Gasteiger partial charge in [0.25, 0.3) is 11.8 Å². The van der Waals surface area contributed by atoms with Gasteiger partial charge in [-0.05, 0) is 74.9 Å². The third kappa shape index (κ3) is 4.85. The molecule has 6 heteroatoms. The number of benzene rings is 2. The van der Waals surface area contributed by atoms with Gasteiger partial charge in [-0.2, -0.15) is 0 Å². The van der Waals surface area contributed by atoms with Crippen LogP contribution in [0.3, 0.4) is 0 Å². The number of carbonyl (C=O) groups is 2. The van der Waals surface area contributed by atoms with E-state index >= 15 is 0 Å². The number of anilines is 3. The fourth-order valence-corrected chi connectivity index (χ4v) is 3.04. The Labute approximate surface area is 170 Å². The van der Waals surface area contributed by atoms with Crippen molar-refractivity contribution in [2.75, 3.05) is 28.6 Å². The highest BCUT2D eigenvalue weighted by molar-refractivity contribution is 6.07. The molecule has 0 unspecified atom stereocenters. The van der Waals surface area contributed by atoms with E-state index in [2.05, 4.69) is 29.4 Å². The van der Waals surface area contributed by atoms with Gasteiger partial charge in [-0.15, -0.1) is 0 Å². The average Bonchev–Trinajstić information content (AvgIpc) is 3.27. The van der Waals surface area contributed by atoms with E-state index in [1.54, 1.807) is 30.3 Å². The molecule has 0 bridgehead atoms. The number of amides is 2. The SMILES string of the molecule is CCN(CC)c1ccc(NC(=O)c2ccc(C)c(NC(=O)c3ccco3)c2)cc1. The molecule has 0 aliphatic carbocycles. The number of rotatable bonds is 7. The van der Waals surface area contributed by atoms with E-state index in [1.807, 2.05) is 31.2 Å². The summed E-state index contributed by atoms with van der Waals surface area (Å²) < 4.78 is 5.11. The lowest BCUT2D eigenvalue weighted by Gasteiger charge is -2.21. The van der Waals surface area contributed by atoms with E-state index in [9.17, 15) is 9.59 Å². The number of furan rings is 1. The molecule has 150 valence electrons. The Kier molecular flexibility index (Phi) is 6.34. The van der Waals surface area contributed by atoms with Gasteiger partial charge >= 0.3 is 0 Å². The van der Waals surface area contributed by atoms with E-state index in [1.165, 1.54) is 6.26 Å². The maximum atomic E-state index is 12.7. The van der Waals surface area contributed by atoms with Crippen LogP contribution in [0, 0.1) is 6.92 Å². The molecule has 0 spiro atoms. The summed E-state index contributed by atoms with van der Waals surface area (Å²) in [5.41, 5.74) is 3.71. The number of nitrogens with one attached hydrogen (secondary N) is 2. The molecule has 2 aromatic carbocycles. The highest BCUT2D eigenvalue weighted by Crippen LogP contribution is 2.21. The first kappa shape index (κ1) is 20.2. The predicted octanol–water partition coefficient (Wildman–Crippen LogP) is 4.94. The van der Waals surface area contributed by atoms with E-state index < -0.39 is 0 Å². The van der Waals surface area contributed by atoms with Crippen molar-refractivity contribution in [1.29, 1.82) is 0 Å². The summed E-state index contributed by atoms with van der Waals surface area (Å²) in [6, 6.07) is 16.2. The molecule has 0 radical (unpaired) electrons. The third-order valence-corrected chi connectivity index (χ3v) is 4.75. The Morgan fingerprint density at radius 1 is 0.931 bits per heavy atom. The van der Waals surface area contributed by atoms with Crippen molar-refractivity contribution >= 4 is 28.9 Å². The monoisotopic (exact) mass is 391 g/mol.